The van der Waals surface area contributed by atoms with Crippen LogP contribution in [0.2, 0.25) is 0 Å². The van der Waals surface area contributed by atoms with Crippen molar-refractivity contribution in [2.45, 2.75) is 14.0 Å². The van der Waals surface area contributed by atoms with E-state index in [0.717, 1.165) is 0 Å². The van der Waals surface area contributed by atoms with E-state index in [-0.39, 0.29) is 0 Å². The molecule has 0 saturated heterocycles. The Bertz CT molecular complexity index is 454. The largest absolute Gasteiger partial charge is 0.291 e. The second kappa shape index (κ2) is 3.93. The molecule has 1 aliphatic carbocycles. The van der Waals surface area contributed by atoms with Crippen LogP contribution in [-0.4, -0.2) is 15.5 Å². The Hall–Kier alpha value is 0.340. The number of benzene rings is 1. The molecule has 1 atom stereocenters. The topological polar surface area (TPSA) is 17.1 Å². The summed E-state index contributed by atoms with van der Waals surface area (Å²) >= 11 is 30.0. The fraction of sp³-hybridized carbons (Fsp3) is 0.300. The van der Waals surface area contributed by atoms with Crippen molar-refractivity contribution >= 4 is 63.8 Å². The summed E-state index contributed by atoms with van der Waals surface area (Å²) in [4.78, 5) is 12.0. The van der Waals surface area contributed by atoms with E-state index < -0.39 is 19.8 Å². The van der Waals surface area contributed by atoms with E-state index >= 15 is 0 Å². The van der Waals surface area contributed by atoms with E-state index in [4.69, 9.17) is 58.0 Å². The number of halogens is 5. The first-order valence-corrected chi connectivity index (χ1v) is 6.28. The summed E-state index contributed by atoms with van der Waals surface area (Å²) in [5, 5.41) is -1.12. The van der Waals surface area contributed by atoms with Crippen molar-refractivity contribution < 1.29 is 4.79 Å². The first kappa shape index (κ1) is 12.8. The third kappa shape index (κ3) is 1.65. The average Bonchev–Trinajstić information content (AvgIpc) is 2.25. The molecule has 0 unspecified atom stereocenters. The minimum Gasteiger partial charge on any atom is -0.291 e. The molecule has 0 aromatic heterocycles. The molecule has 6 heteroatoms. The number of rotatable bonds is 0. The number of carbonyl (C=O) groups excluding carboxylic acids is 1. The van der Waals surface area contributed by atoms with Gasteiger partial charge in [-0.3, -0.25) is 4.79 Å². The normalized spacial score (nSPS) is 26.3. The summed E-state index contributed by atoms with van der Waals surface area (Å²) in [6, 6.07) is 6.59. The molecule has 0 N–H and O–H groups in total. The molecule has 1 aromatic carbocycles. The maximum atomic E-state index is 12.0. The second-order valence-electron chi connectivity index (χ2n) is 3.48. The van der Waals surface area contributed by atoms with E-state index in [9.17, 15) is 4.79 Å². The van der Waals surface area contributed by atoms with Crippen LogP contribution in [0.3, 0.4) is 0 Å². The zero-order chi connectivity index (χ0) is 12.1. The Morgan fingerprint density at radius 2 is 1.56 bits per heavy atom. The first-order chi connectivity index (χ1) is 7.29. The Labute approximate surface area is 118 Å². The Morgan fingerprint density at radius 1 is 1.00 bits per heavy atom. The molecule has 1 aliphatic rings. The molecule has 0 radical (unpaired) electrons. The monoisotopic (exact) mass is 316 g/mol. The Morgan fingerprint density at radius 3 is 2.19 bits per heavy atom. The van der Waals surface area contributed by atoms with Gasteiger partial charge in [-0.2, -0.15) is 0 Å². The zero-order valence-electron chi connectivity index (χ0n) is 7.68. The SMILES string of the molecule is O=C1c2ccccc2C(Cl)(Cl)[C@H](Cl)C1(Cl)Cl. The molecule has 0 fully saturated rings. The lowest BCUT2D eigenvalue weighted by Crippen LogP contribution is -2.49. The molecular weight excluding hydrogens is 313 g/mol. The molecule has 0 aliphatic heterocycles. The number of Topliss-reactive ketones (excluding diaryl/α,β-unsaturated/α-hetero) is 1. The molecule has 1 nitrogen and oxygen atoms in total. The third-order valence-electron chi connectivity index (χ3n) is 2.47. The zero-order valence-corrected chi connectivity index (χ0v) is 11.5. The predicted molar refractivity (Wildman–Crippen MR) is 68.2 cm³/mol. The Balaban J connectivity index is 2.73. The molecule has 0 bridgehead atoms. The van der Waals surface area contributed by atoms with E-state index in [1.54, 1.807) is 24.3 Å². The lowest BCUT2D eigenvalue weighted by molar-refractivity contribution is 0.0959. The van der Waals surface area contributed by atoms with Crippen LogP contribution in [0.1, 0.15) is 15.9 Å². The van der Waals surface area contributed by atoms with Crippen molar-refractivity contribution in [2.75, 3.05) is 0 Å². The van der Waals surface area contributed by atoms with Crippen LogP contribution < -0.4 is 0 Å². The highest BCUT2D eigenvalue weighted by atomic mass is 35.5. The number of alkyl halides is 5. The number of hydrogen-bond acceptors (Lipinski definition) is 1. The predicted octanol–water partition coefficient (Wildman–Crippen LogP) is 4.29. The minimum atomic E-state index is -1.82. The summed E-state index contributed by atoms with van der Waals surface area (Å²) in [5.74, 6) is -0.483. The standard InChI is InChI=1S/C10H5Cl5O/c11-8-9(12,13)6-4-2-1-3-5(6)7(16)10(8,14)15/h1-4,8H/t8-/m0/s1. The van der Waals surface area contributed by atoms with Crippen molar-refractivity contribution in [1.82, 2.24) is 0 Å². The van der Waals surface area contributed by atoms with Crippen LogP contribution in [0, 0.1) is 0 Å². The van der Waals surface area contributed by atoms with Gasteiger partial charge in [0.2, 0.25) is 5.78 Å². The maximum Gasteiger partial charge on any atom is 0.200 e. The smallest absolute Gasteiger partial charge is 0.200 e. The van der Waals surface area contributed by atoms with Gasteiger partial charge in [0.1, 0.15) is 5.38 Å². The van der Waals surface area contributed by atoms with Gasteiger partial charge in [0.05, 0.1) is 0 Å². The van der Waals surface area contributed by atoms with Gasteiger partial charge < -0.3 is 0 Å². The van der Waals surface area contributed by atoms with E-state index in [1.807, 2.05) is 0 Å². The molecule has 0 saturated carbocycles. The average molecular weight is 318 g/mol. The summed E-state index contributed by atoms with van der Waals surface area (Å²) < 4.78 is -3.31. The van der Waals surface area contributed by atoms with Crippen molar-refractivity contribution in [1.29, 1.82) is 0 Å². The number of carbonyl (C=O) groups is 1. The van der Waals surface area contributed by atoms with Gasteiger partial charge in [0.15, 0.2) is 8.67 Å². The maximum absolute atomic E-state index is 12.0. The molecule has 0 amide bonds. The third-order valence-corrected chi connectivity index (χ3v) is 5.19. The second-order valence-corrected chi connectivity index (χ2v) is 6.69. The summed E-state index contributed by atoms with van der Waals surface area (Å²) in [6.07, 6.45) is 0. The van der Waals surface area contributed by atoms with Gasteiger partial charge in [-0.05, 0) is 0 Å². The molecule has 2 rings (SSSR count). The fourth-order valence-corrected chi connectivity index (χ4v) is 3.26. The van der Waals surface area contributed by atoms with Crippen molar-refractivity contribution in [3.05, 3.63) is 35.4 Å². The Kier molecular flexibility index (Phi) is 3.14. The molecule has 16 heavy (non-hydrogen) atoms. The lowest BCUT2D eigenvalue weighted by Gasteiger charge is -2.38. The van der Waals surface area contributed by atoms with Gasteiger partial charge in [-0.1, -0.05) is 70.7 Å². The summed E-state index contributed by atoms with van der Waals surface area (Å²) in [5.41, 5.74) is 0.731. The summed E-state index contributed by atoms with van der Waals surface area (Å²) in [6.45, 7) is 0. The molecule has 1 aromatic rings. The minimum absolute atomic E-state index is 0.300. The van der Waals surface area contributed by atoms with Gasteiger partial charge >= 0.3 is 0 Å². The lowest BCUT2D eigenvalue weighted by atomic mass is 9.88. The van der Waals surface area contributed by atoms with Crippen LogP contribution in [0.5, 0.6) is 0 Å². The molecule has 86 valence electrons. The van der Waals surface area contributed by atoms with Crippen LogP contribution in [0.4, 0.5) is 0 Å². The number of hydrogen-bond donors (Lipinski definition) is 0. The highest BCUT2D eigenvalue weighted by Gasteiger charge is 2.57. The van der Waals surface area contributed by atoms with Gasteiger partial charge in [-0.25, -0.2) is 0 Å². The van der Waals surface area contributed by atoms with Crippen LogP contribution >= 0.6 is 58.0 Å². The van der Waals surface area contributed by atoms with Crippen molar-refractivity contribution in [3.8, 4) is 0 Å². The number of ketones is 1. The van der Waals surface area contributed by atoms with E-state index in [0.29, 0.717) is 11.1 Å². The van der Waals surface area contributed by atoms with Crippen molar-refractivity contribution in [2.24, 2.45) is 0 Å². The molecule has 0 spiro atoms. The molecule has 0 heterocycles. The van der Waals surface area contributed by atoms with Crippen LogP contribution in [-0.2, 0) is 4.33 Å². The highest BCUT2D eigenvalue weighted by molar-refractivity contribution is 6.67. The van der Waals surface area contributed by atoms with Gasteiger partial charge in [0, 0.05) is 11.1 Å². The summed E-state index contributed by atoms with van der Waals surface area (Å²) in [7, 11) is 0. The van der Waals surface area contributed by atoms with Crippen LogP contribution in [0.25, 0.3) is 0 Å². The first-order valence-electron chi connectivity index (χ1n) is 4.33. The quantitative estimate of drug-likeness (QED) is 0.652. The highest BCUT2D eigenvalue weighted by Crippen LogP contribution is 2.54. The van der Waals surface area contributed by atoms with Crippen LogP contribution in [0.15, 0.2) is 24.3 Å². The molecular formula is C10H5Cl5O. The van der Waals surface area contributed by atoms with E-state index in [2.05, 4.69) is 0 Å². The van der Waals surface area contributed by atoms with Gasteiger partial charge in [0.25, 0.3) is 0 Å². The van der Waals surface area contributed by atoms with E-state index in [1.165, 1.54) is 0 Å². The fourth-order valence-electron chi connectivity index (χ4n) is 1.63. The van der Waals surface area contributed by atoms with Crippen molar-refractivity contribution in [3.63, 3.8) is 0 Å². The number of fused-ring (bicyclic) bond motifs is 1. The van der Waals surface area contributed by atoms with Gasteiger partial charge in [-0.15, -0.1) is 11.6 Å².